The van der Waals surface area contributed by atoms with Crippen LogP contribution < -0.4 is 5.32 Å². The number of hydrogen-bond acceptors (Lipinski definition) is 2. The number of amides is 1. The minimum atomic E-state index is -0.103. The van der Waals surface area contributed by atoms with Crippen LogP contribution in [0.15, 0.2) is 22.7 Å². The number of aryl methyl sites for hydroxylation is 1. The Morgan fingerprint density at radius 2 is 2.11 bits per heavy atom. The molecule has 1 unspecified atom stereocenters. The van der Waals surface area contributed by atoms with E-state index < -0.39 is 0 Å². The molecule has 1 amide bonds. The minimum Gasteiger partial charge on any atom is -0.396 e. The van der Waals surface area contributed by atoms with Gasteiger partial charge in [0.05, 0.1) is 5.56 Å². The molecular weight excluding hydrogens is 294 g/mol. The molecule has 18 heavy (non-hydrogen) atoms. The molecule has 1 aromatic carbocycles. The summed E-state index contributed by atoms with van der Waals surface area (Å²) in [5.74, 6) is 0.194. The zero-order chi connectivity index (χ0) is 13.7. The summed E-state index contributed by atoms with van der Waals surface area (Å²) < 4.78 is 0.798. The maximum absolute atomic E-state index is 12.1. The zero-order valence-corrected chi connectivity index (χ0v) is 12.6. The summed E-state index contributed by atoms with van der Waals surface area (Å²) in [6, 6.07) is 5.64. The fraction of sp³-hybridized carbons (Fsp3) is 0.500. The summed E-state index contributed by atoms with van der Waals surface area (Å²) in [5, 5.41) is 12.0. The van der Waals surface area contributed by atoms with Gasteiger partial charge in [0.1, 0.15) is 0 Å². The SMILES string of the molecule is Cc1ccc(C(=O)NC(CCO)C(C)C)c(Br)c1. The van der Waals surface area contributed by atoms with E-state index in [1.165, 1.54) is 0 Å². The van der Waals surface area contributed by atoms with Crippen molar-refractivity contribution in [1.82, 2.24) is 5.32 Å². The number of hydrogen-bond donors (Lipinski definition) is 2. The van der Waals surface area contributed by atoms with Crippen LogP contribution in [0, 0.1) is 12.8 Å². The van der Waals surface area contributed by atoms with E-state index in [-0.39, 0.29) is 18.6 Å². The maximum atomic E-state index is 12.1. The Morgan fingerprint density at radius 3 is 2.61 bits per heavy atom. The number of halogens is 1. The first kappa shape index (κ1) is 15.2. The summed E-state index contributed by atoms with van der Waals surface area (Å²) in [5.41, 5.74) is 1.73. The third-order valence-electron chi connectivity index (χ3n) is 2.93. The summed E-state index contributed by atoms with van der Waals surface area (Å²) >= 11 is 3.40. The molecule has 1 atom stereocenters. The Kier molecular flexibility index (Phi) is 5.82. The van der Waals surface area contributed by atoms with Crippen LogP contribution in [0.4, 0.5) is 0 Å². The molecule has 2 N–H and O–H groups in total. The number of aliphatic hydroxyl groups excluding tert-OH is 1. The highest BCUT2D eigenvalue weighted by Crippen LogP contribution is 2.19. The van der Waals surface area contributed by atoms with Gasteiger partial charge in [0, 0.05) is 17.1 Å². The number of carbonyl (C=O) groups excluding carboxylic acids is 1. The van der Waals surface area contributed by atoms with Crippen molar-refractivity contribution in [2.24, 2.45) is 5.92 Å². The quantitative estimate of drug-likeness (QED) is 0.878. The second-order valence-corrected chi connectivity index (χ2v) is 5.67. The van der Waals surface area contributed by atoms with Crippen LogP contribution in [0.25, 0.3) is 0 Å². The smallest absolute Gasteiger partial charge is 0.252 e. The third kappa shape index (κ3) is 4.10. The lowest BCUT2D eigenvalue weighted by Gasteiger charge is -2.21. The van der Waals surface area contributed by atoms with Crippen LogP contribution in [0.1, 0.15) is 36.2 Å². The Labute approximate surface area is 117 Å². The number of aliphatic hydroxyl groups is 1. The maximum Gasteiger partial charge on any atom is 0.252 e. The van der Waals surface area contributed by atoms with E-state index in [0.29, 0.717) is 17.9 Å². The lowest BCUT2D eigenvalue weighted by atomic mass is 10.0. The lowest BCUT2D eigenvalue weighted by Crippen LogP contribution is -2.39. The molecule has 0 heterocycles. The van der Waals surface area contributed by atoms with Crippen LogP contribution in [0.5, 0.6) is 0 Å². The van der Waals surface area contributed by atoms with Crippen molar-refractivity contribution in [2.45, 2.75) is 33.2 Å². The number of nitrogens with one attached hydrogen (secondary N) is 1. The van der Waals surface area contributed by atoms with Gasteiger partial charge in [-0.05, 0) is 52.9 Å². The normalized spacial score (nSPS) is 12.6. The van der Waals surface area contributed by atoms with Gasteiger partial charge in [0.2, 0.25) is 0 Å². The van der Waals surface area contributed by atoms with Crippen LogP contribution in [-0.2, 0) is 0 Å². The van der Waals surface area contributed by atoms with Crippen molar-refractivity contribution in [2.75, 3.05) is 6.61 Å². The van der Waals surface area contributed by atoms with E-state index in [2.05, 4.69) is 21.2 Å². The van der Waals surface area contributed by atoms with Crippen LogP contribution in [-0.4, -0.2) is 23.7 Å². The van der Waals surface area contributed by atoms with Gasteiger partial charge < -0.3 is 10.4 Å². The first-order chi connectivity index (χ1) is 8.45. The van der Waals surface area contributed by atoms with Crippen molar-refractivity contribution in [3.8, 4) is 0 Å². The summed E-state index contributed by atoms with van der Waals surface area (Å²) in [6.07, 6.45) is 0.576. The average molecular weight is 314 g/mol. The standard InChI is InChI=1S/C14H20BrNO2/c1-9(2)13(6-7-17)16-14(18)11-5-4-10(3)8-12(11)15/h4-5,8-9,13,17H,6-7H2,1-3H3,(H,16,18). The van der Waals surface area contributed by atoms with Gasteiger partial charge in [-0.3, -0.25) is 4.79 Å². The summed E-state index contributed by atoms with van der Waals surface area (Å²) in [7, 11) is 0. The Morgan fingerprint density at radius 1 is 1.44 bits per heavy atom. The Hall–Kier alpha value is -0.870. The molecule has 100 valence electrons. The van der Waals surface area contributed by atoms with E-state index in [1.54, 1.807) is 0 Å². The van der Waals surface area contributed by atoms with Crippen LogP contribution in [0.3, 0.4) is 0 Å². The Bertz CT molecular complexity index is 418. The van der Waals surface area contributed by atoms with Gasteiger partial charge in [0.25, 0.3) is 5.91 Å². The van der Waals surface area contributed by atoms with Crippen molar-refractivity contribution in [3.63, 3.8) is 0 Å². The molecule has 1 aromatic rings. The average Bonchev–Trinajstić information content (AvgIpc) is 2.27. The first-order valence-corrected chi connectivity index (χ1v) is 6.93. The lowest BCUT2D eigenvalue weighted by molar-refractivity contribution is 0.0916. The van der Waals surface area contributed by atoms with Crippen molar-refractivity contribution in [3.05, 3.63) is 33.8 Å². The molecule has 0 spiro atoms. The minimum absolute atomic E-state index is 0.00398. The highest BCUT2D eigenvalue weighted by Gasteiger charge is 2.18. The zero-order valence-electron chi connectivity index (χ0n) is 11.0. The second kappa shape index (κ2) is 6.90. The number of benzene rings is 1. The molecule has 0 aliphatic rings. The molecule has 1 rings (SSSR count). The van der Waals surface area contributed by atoms with Crippen LogP contribution in [0.2, 0.25) is 0 Å². The van der Waals surface area contributed by atoms with Crippen LogP contribution >= 0.6 is 15.9 Å². The summed E-state index contributed by atoms with van der Waals surface area (Å²) in [6.45, 7) is 6.13. The van der Waals surface area contributed by atoms with Crippen molar-refractivity contribution in [1.29, 1.82) is 0 Å². The highest BCUT2D eigenvalue weighted by molar-refractivity contribution is 9.10. The monoisotopic (exact) mass is 313 g/mol. The predicted octanol–water partition coefficient (Wildman–Crippen LogP) is 2.89. The molecular formula is C14H20BrNO2. The van der Waals surface area contributed by atoms with Gasteiger partial charge in [-0.1, -0.05) is 19.9 Å². The number of carbonyl (C=O) groups is 1. The van der Waals surface area contributed by atoms with E-state index in [1.807, 2.05) is 39.0 Å². The van der Waals surface area contributed by atoms with Gasteiger partial charge >= 0.3 is 0 Å². The molecule has 0 bridgehead atoms. The number of rotatable bonds is 5. The molecule has 3 nitrogen and oxygen atoms in total. The van der Waals surface area contributed by atoms with E-state index in [9.17, 15) is 4.79 Å². The van der Waals surface area contributed by atoms with Crippen molar-refractivity contribution >= 4 is 21.8 Å². The van der Waals surface area contributed by atoms with E-state index in [4.69, 9.17) is 5.11 Å². The molecule has 0 radical (unpaired) electrons. The van der Waals surface area contributed by atoms with Crippen molar-refractivity contribution < 1.29 is 9.90 Å². The summed E-state index contributed by atoms with van der Waals surface area (Å²) in [4.78, 5) is 12.1. The molecule has 0 saturated carbocycles. The molecule has 0 saturated heterocycles. The molecule has 0 aliphatic carbocycles. The largest absolute Gasteiger partial charge is 0.396 e. The van der Waals surface area contributed by atoms with Gasteiger partial charge in [-0.2, -0.15) is 0 Å². The molecule has 0 aromatic heterocycles. The molecule has 0 aliphatic heterocycles. The fourth-order valence-corrected chi connectivity index (χ4v) is 2.43. The first-order valence-electron chi connectivity index (χ1n) is 6.13. The molecule has 4 heteroatoms. The highest BCUT2D eigenvalue weighted by atomic mass is 79.9. The van der Waals surface area contributed by atoms with E-state index >= 15 is 0 Å². The topological polar surface area (TPSA) is 49.3 Å². The van der Waals surface area contributed by atoms with E-state index in [0.717, 1.165) is 10.0 Å². The molecule has 0 fully saturated rings. The fourth-order valence-electron chi connectivity index (χ4n) is 1.76. The Balaban J connectivity index is 2.80. The van der Waals surface area contributed by atoms with Gasteiger partial charge in [-0.25, -0.2) is 0 Å². The van der Waals surface area contributed by atoms with Gasteiger partial charge in [0.15, 0.2) is 0 Å². The third-order valence-corrected chi connectivity index (χ3v) is 3.59. The second-order valence-electron chi connectivity index (χ2n) is 4.82. The van der Waals surface area contributed by atoms with Gasteiger partial charge in [-0.15, -0.1) is 0 Å². The predicted molar refractivity (Wildman–Crippen MR) is 76.7 cm³/mol.